The number of ether oxygens (including phenoxy) is 3. The first-order chi connectivity index (χ1) is 30.6. The second-order valence-electron chi connectivity index (χ2n) is 15.2. The summed E-state index contributed by atoms with van der Waals surface area (Å²) in [6, 6.07) is 0. The number of esters is 2. The van der Waals surface area contributed by atoms with Crippen molar-refractivity contribution >= 4 is 11.9 Å². The maximum Gasteiger partial charge on any atom is 0.306 e. The van der Waals surface area contributed by atoms with Gasteiger partial charge in [-0.2, -0.15) is 0 Å². The van der Waals surface area contributed by atoms with Gasteiger partial charge in [0.05, 0.1) is 6.61 Å². The molecular formula is C57H88O5. The van der Waals surface area contributed by atoms with Crippen LogP contribution in [0.15, 0.2) is 146 Å². The standard InChI is InChI=1S/C57H88O5/c1-4-7-10-13-16-19-22-25-26-27-28-29-30-31-34-37-40-43-46-49-52-60-53-55(62-57(59)51-48-45-42-39-36-33-24-21-18-15-12-9-6-3)54-61-56(58)50-47-44-41-38-35-32-23-20-17-14-11-8-5-2/h7-12,16-21,25-26,28-29,32-33,35-36,41-42,44-45,55H,4-6,13-15,22-24,27,30-31,34,37-40,43,46-54H2,1-3H3/b10-7-,11-8-,12-9-,19-16-,20-17-,21-18-,26-25-,29-28-,35-32-,36-33-,44-41-,45-42-. The Kier molecular flexibility index (Phi) is 47.7. The van der Waals surface area contributed by atoms with E-state index in [-0.39, 0.29) is 38.0 Å². The van der Waals surface area contributed by atoms with E-state index in [1.807, 2.05) is 12.2 Å². The minimum atomic E-state index is -0.619. The number of carbonyl (C=O) groups is 2. The summed E-state index contributed by atoms with van der Waals surface area (Å²) < 4.78 is 17.2. The van der Waals surface area contributed by atoms with Gasteiger partial charge in [0.2, 0.25) is 0 Å². The lowest BCUT2D eigenvalue weighted by molar-refractivity contribution is -0.162. The Morgan fingerprint density at radius 1 is 0.355 bits per heavy atom. The Labute approximate surface area is 381 Å². The van der Waals surface area contributed by atoms with Gasteiger partial charge in [0.25, 0.3) is 0 Å². The second kappa shape index (κ2) is 51.1. The van der Waals surface area contributed by atoms with Crippen molar-refractivity contribution in [3.63, 3.8) is 0 Å². The number of hydrogen-bond donors (Lipinski definition) is 0. The number of carbonyl (C=O) groups excluding carboxylic acids is 2. The first-order valence-electron chi connectivity index (χ1n) is 24.4. The van der Waals surface area contributed by atoms with Crippen LogP contribution in [0.4, 0.5) is 0 Å². The van der Waals surface area contributed by atoms with Gasteiger partial charge in [-0.3, -0.25) is 9.59 Å². The van der Waals surface area contributed by atoms with Gasteiger partial charge in [0.15, 0.2) is 6.10 Å². The van der Waals surface area contributed by atoms with Crippen molar-refractivity contribution < 1.29 is 23.8 Å². The van der Waals surface area contributed by atoms with Crippen LogP contribution in [0.3, 0.4) is 0 Å². The van der Waals surface area contributed by atoms with Gasteiger partial charge in [-0.05, 0) is 109 Å². The molecule has 346 valence electrons. The lowest BCUT2D eigenvalue weighted by Crippen LogP contribution is -2.30. The summed E-state index contributed by atoms with van der Waals surface area (Å²) in [6.45, 7) is 7.27. The van der Waals surface area contributed by atoms with Crippen LogP contribution >= 0.6 is 0 Å². The van der Waals surface area contributed by atoms with Crippen molar-refractivity contribution in [1.82, 2.24) is 0 Å². The molecule has 0 aliphatic carbocycles. The molecule has 0 N–H and O–H groups in total. The molecule has 0 aliphatic heterocycles. The Morgan fingerprint density at radius 2 is 0.677 bits per heavy atom. The largest absolute Gasteiger partial charge is 0.462 e. The Hall–Kier alpha value is -4.22. The first-order valence-corrected chi connectivity index (χ1v) is 24.4. The van der Waals surface area contributed by atoms with E-state index < -0.39 is 6.10 Å². The summed E-state index contributed by atoms with van der Waals surface area (Å²) in [5, 5.41) is 0. The van der Waals surface area contributed by atoms with Crippen LogP contribution in [0.1, 0.15) is 175 Å². The molecule has 0 amide bonds. The van der Waals surface area contributed by atoms with Crippen molar-refractivity contribution in [3.05, 3.63) is 146 Å². The highest BCUT2D eigenvalue weighted by atomic mass is 16.6. The highest BCUT2D eigenvalue weighted by Crippen LogP contribution is 2.10. The van der Waals surface area contributed by atoms with Crippen molar-refractivity contribution in [2.45, 2.75) is 181 Å². The molecule has 0 aromatic rings. The van der Waals surface area contributed by atoms with E-state index in [4.69, 9.17) is 14.2 Å². The molecule has 0 radical (unpaired) electrons. The predicted octanol–water partition coefficient (Wildman–Crippen LogP) is 16.6. The van der Waals surface area contributed by atoms with Crippen LogP contribution in [0.2, 0.25) is 0 Å². The fraction of sp³-hybridized carbons (Fsp3) is 0.544. The molecule has 0 bridgehead atoms. The molecule has 0 saturated carbocycles. The van der Waals surface area contributed by atoms with Crippen molar-refractivity contribution in [2.75, 3.05) is 19.8 Å². The van der Waals surface area contributed by atoms with Crippen LogP contribution < -0.4 is 0 Å². The monoisotopic (exact) mass is 853 g/mol. The lowest BCUT2D eigenvalue weighted by Gasteiger charge is -2.18. The zero-order valence-corrected chi connectivity index (χ0v) is 39.6. The summed E-state index contributed by atoms with van der Waals surface area (Å²) in [5.41, 5.74) is 0. The summed E-state index contributed by atoms with van der Waals surface area (Å²) >= 11 is 0. The third-order valence-corrected chi connectivity index (χ3v) is 9.38. The first kappa shape index (κ1) is 57.8. The molecule has 5 heteroatoms. The number of unbranched alkanes of at least 4 members (excludes halogenated alkanes) is 7. The normalized spacial score (nSPS) is 13.5. The van der Waals surface area contributed by atoms with E-state index in [0.29, 0.717) is 19.4 Å². The molecule has 0 rings (SSSR count). The minimum absolute atomic E-state index is 0.00363. The zero-order chi connectivity index (χ0) is 44.9. The molecular weight excluding hydrogens is 765 g/mol. The second-order valence-corrected chi connectivity index (χ2v) is 15.2. The van der Waals surface area contributed by atoms with Crippen molar-refractivity contribution in [1.29, 1.82) is 0 Å². The van der Waals surface area contributed by atoms with E-state index in [0.717, 1.165) is 96.3 Å². The summed E-state index contributed by atoms with van der Waals surface area (Å²) in [5.74, 6) is -0.606. The SMILES string of the molecule is CC/C=C\C/C=C\C/C=C\C/C=C\CCCCCCCCCOCC(COC(=O)CC/C=C\C/C=C\C/C=C\C/C=C\CC)OC(=O)CC/C=C\C/C=C\C/C=C\C/C=C\CC. The van der Waals surface area contributed by atoms with Gasteiger partial charge < -0.3 is 14.2 Å². The summed E-state index contributed by atoms with van der Waals surface area (Å²) in [4.78, 5) is 25.2. The lowest BCUT2D eigenvalue weighted by atomic mass is 10.1. The van der Waals surface area contributed by atoms with Crippen molar-refractivity contribution in [2.24, 2.45) is 0 Å². The fourth-order valence-electron chi connectivity index (χ4n) is 5.88. The quantitative estimate of drug-likeness (QED) is 0.0348. The van der Waals surface area contributed by atoms with E-state index in [9.17, 15) is 9.59 Å². The zero-order valence-electron chi connectivity index (χ0n) is 39.6. The predicted molar refractivity (Wildman–Crippen MR) is 269 cm³/mol. The van der Waals surface area contributed by atoms with Gasteiger partial charge in [0, 0.05) is 19.4 Å². The van der Waals surface area contributed by atoms with E-state index >= 15 is 0 Å². The van der Waals surface area contributed by atoms with Gasteiger partial charge in [-0.25, -0.2) is 0 Å². The van der Waals surface area contributed by atoms with Crippen molar-refractivity contribution in [3.8, 4) is 0 Å². The van der Waals surface area contributed by atoms with E-state index in [1.165, 1.54) is 32.1 Å². The Bertz CT molecular complexity index is 1380. The minimum Gasteiger partial charge on any atom is -0.462 e. The maximum atomic E-state index is 12.7. The molecule has 0 heterocycles. The molecule has 62 heavy (non-hydrogen) atoms. The average molecular weight is 853 g/mol. The number of hydrogen-bond acceptors (Lipinski definition) is 5. The Balaban J connectivity index is 4.46. The third-order valence-electron chi connectivity index (χ3n) is 9.38. The topological polar surface area (TPSA) is 61.8 Å². The maximum absolute atomic E-state index is 12.7. The van der Waals surface area contributed by atoms with Gasteiger partial charge in [0.1, 0.15) is 6.61 Å². The van der Waals surface area contributed by atoms with Crippen LogP contribution in [-0.2, 0) is 23.8 Å². The van der Waals surface area contributed by atoms with Crippen LogP contribution in [0.5, 0.6) is 0 Å². The van der Waals surface area contributed by atoms with Gasteiger partial charge in [-0.1, -0.05) is 199 Å². The summed E-state index contributed by atoms with van der Waals surface area (Å²) in [7, 11) is 0. The Morgan fingerprint density at radius 3 is 1.08 bits per heavy atom. The average Bonchev–Trinajstić information content (AvgIpc) is 3.27. The molecule has 0 aliphatic rings. The molecule has 0 aromatic heterocycles. The van der Waals surface area contributed by atoms with Gasteiger partial charge >= 0.3 is 11.9 Å². The molecule has 1 unspecified atom stereocenters. The molecule has 1 atom stereocenters. The smallest absolute Gasteiger partial charge is 0.306 e. The van der Waals surface area contributed by atoms with Gasteiger partial charge in [-0.15, -0.1) is 0 Å². The molecule has 5 nitrogen and oxygen atoms in total. The van der Waals surface area contributed by atoms with Crippen LogP contribution in [0.25, 0.3) is 0 Å². The molecule has 0 spiro atoms. The van der Waals surface area contributed by atoms with Crippen LogP contribution in [0, 0.1) is 0 Å². The number of allylic oxidation sites excluding steroid dienone is 24. The van der Waals surface area contributed by atoms with E-state index in [1.54, 1.807) is 0 Å². The highest BCUT2D eigenvalue weighted by molar-refractivity contribution is 5.70. The molecule has 0 aromatic carbocycles. The van der Waals surface area contributed by atoms with E-state index in [2.05, 4.69) is 154 Å². The number of rotatable bonds is 42. The highest BCUT2D eigenvalue weighted by Gasteiger charge is 2.17. The third kappa shape index (κ3) is 48.4. The molecule has 0 saturated heterocycles. The summed E-state index contributed by atoms with van der Waals surface area (Å²) in [6.07, 6.45) is 74.6. The molecule has 0 fully saturated rings. The fourth-order valence-corrected chi connectivity index (χ4v) is 5.88. The van der Waals surface area contributed by atoms with Crippen LogP contribution in [-0.4, -0.2) is 37.9 Å².